The summed E-state index contributed by atoms with van der Waals surface area (Å²) in [7, 11) is 4.39. The van der Waals surface area contributed by atoms with Gasteiger partial charge in [0.15, 0.2) is 18.3 Å². The van der Waals surface area contributed by atoms with E-state index in [-0.39, 0.29) is 17.8 Å². The molecular weight excluding hydrogens is 618 g/mol. The lowest BCUT2D eigenvalue weighted by molar-refractivity contribution is -0.182. The van der Waals surface area contributed by atoms with Crippen LogP contribution >= 0.6 is 0 Å². The second-order valence-corrected chi connectivity index (χ2v) is 14.6. The van der Waals surface area contributed by atoms with Crippen LogP contribution in [0.2, 0.25) is 0 Å². The maximum absolute atomic E-state index is 14.1. The van der Waals surface area contributed by atoms with Crippen LogP contribution < -0.4 is 0 Å². The average molecular weight is 682 g/mol. The third kappa shape index (κ3) is 9.94. The van der Waals surface area contributed by atoms with E-state index < -0.39 is 89.8 Å². The Labute approximate surface area is 288 Å². The van der Waals surface area contributed by atoms with Crippen LogP contribution in [0.3, 0.4) is 0 Å². The highest BCUT2D eigenvalue weighted by Crippen LogP contribution is 2.27. The first kappa shape index (κ1) is 42.8. The summed E-state index contributed by atoms with van der Waals surface area (Å²) in [6, 6.07) is -3.30. The first-order valence-electron chi connectivity index (χ1n) is 17.6. The number of amides is 3. The fourth-order valence-electron chi connectivity index (χ4n) is 6.00. The molecule has 1 fully saturated rings. The van der Waals surface area contributed by atoms with Crippen LogP contribution in [-0.2, 0) is 43.0 Å². The van der Waals surface area contributed by atoms with E-state index in [0.717, 1.165) is 0 Å². The zero-order chi connectivity index (χ0) is 37.4. The van der Waals surface area contributed by atoms with E-state index in [4.69, 9.17) is 14.2 Å². The number of carbonyl (C=O) groups excluding carboxylic acids is 6. The number of likely N-dealkylation sites (N-methyl/N-ethyl adjacent to an activating group) is 3. The zero-order valence-electron chi connectivity index (χ0n) is 32.1. The van der Waals surface area contributed by atoms with Gasteiger partial charge in [0.2, 0.25) is 0 Å². The first-order chi connectivity index (χ1) is 22.2. The molecule has 1 unspecified atom stereocenters. The molecule has 0 N–H and O–H groups in total. The highest BCUT2D eigenvalue weighted by atomic mass is 16.6. The van der Waals surface area contributed by atoms with Gasteiger partial charge >= 0.3 is 17.9 Å². The first-order valence-corrected chi connectivity index (χ1v) is 17.6. The van der Waals surface area contributed by atoms with Crippen LogP contribution in [0.25, 0.3) is 0 Å². The molecule has 0 aromatic rings. The Bertz CT molecular complexity index is 1000. The molecule has 0 spiro atoms. The fraction of sp³-hybridized carbons (Fsp3) is 0.833. The van der Waals surface area contributed by atoms with Gasteiger partial charge in [-0.2, -0.15) is 0 Å². The summed E-state index contributed by atoms with van der Waals surface area (Å²) >= 11 is 0. The molecule has 0 bridgehead atoms. The minimum Gasteiger partial charge on any atom is -0.450 e. The Morgan fingerprint density at radius 3 is 0.771 bits per heavy atom. The van der Waals surface area contributed by atoms with Crippen LogP contribution in [0.4, 0.5) is 0 Å². The second kappa shape index (κ2) is 18.5. The van der Waals surface area contributed by atoms with Crippen molar-refractivity contribution in [3.8, 4) is 0 Å². The maximum atomic E-state index is 14.1. The highest BCUT2D eigenvalue weighted by Gasteiger charge is 2.46. The molecule has 0 saturated carbocycles. The molecule has 1 saturated heterocycles. The molecule has 9 atom stereocenters. The number of nitrogens with zero attached hydrogens (tertiary/aromatic N) is 3. The van der Waals surface area contributed by atoms with E-state index in [2.05, 4.69) is 0 Å². The smallest absolute Gasteiger partial charge is 0.329 e. The van der Waals surface area contributed by atoms with Crippen molar-refractivity contribution >= 4 is 35.6 Å². The number of carbonyl (C=O) groups is 6. The van der Waals surface area contributed by atoms with Crippen molar-refractivity contribution in [3.63, 3.8) is 0 Å². The van der Waals surface area contributed by atoms with Crippen molar-refractivity contribution in [1.82, 2.24) is 14.7 Å². The van der Waals surface area contributed by atoms with Gasteiger partial charge in [-0.15, -0.1) is 0 Å². The molecule has 12 nitrogen and oxygen atoms in total. The van der Waals surface area contributed by atoms with E-state index in [9.17, 15) is 28.8 Å². The molecule has 1 heterocycles. The summed E-state index contributed by atoms with van der Waals surface area (Å²) in [5, 5.41) is 0. The van der Waals surface area contributed by atoms with E-state index in [0.29, 0.717) is 19.3 Å². The Hall–Kier alpha value is -3.18. The molecule has 12 heteroatoms. The summed E-state index contributed by atoms with van der Waals surface area (Å²) in [6.45, 7) is 21.4. The van der Waals surface area contributed by atoms with E-state index >= 15 is 0 Å². The van der Waals surface area contributed by atoms with E-state index in [1.54, 1.807) is 62.3 Å². The average Bonchev–Trinajstić information content (AvgIpc) is 3.02. The van der Waals surface area contributed by atoms with Gasteiger partial charge in [-0.3, -0.25) is 14.4 Å². The molecule has 3 amide bonds. The predicted molar refractivity (Wildman–Crippen MR) is 182 cm³/mol. The molecule has 0 aromatic carbocycles. The lowest BCUT2D eigenvalue weighted by atomic mass is 9.94. The topological polar surface area (TPSA) is 140 Å². The van der Waals surface area contributed by atoms with E-state index in [1.807, 2.05) is 20.8 Å². The summed E-state index contributed by atoms with van der Waals surface area (Å²) in [6.07, 6.45) is -2.32. The molecule has 276 valence electrons. The van der Waals surface area contributed by atoms with Gasteiger partial charge in [0.1, 0.15) is 18.1 Å². The molecule has 48 heavy (non-hydrogen) atoms. The lowest BCUT2D eigenvalue weighted by Gasteiger charge is -2.39. The zero-order valence-corrected chi connectivity index (χ0v) is 32.1. The summed E-state index contributed by atoms with van der Waals surface area (Å²) in [5.41, 5.74) is 0. The van der Waals surface area contributed by atoms with Gasteiger partial charge in [0.05, 0.1) is 0 Å². The Morgan fingerprint density at radius 1 is 0.438 bits per heavy atom. The molecule has 0 aliphatic carbocycles. The SMILES string of the molecule is CC[C@@H](C)[C@H]1C(=O)O[C@H](C(C)C)C(=O)N(C)[C@@H]([C@@H](C)CC)C(=O)O[C@H](C(C)C)C(=O)N(C)[C@@H]([C@@H](C)CC)C(=O)OC(C(C)C)C(=O)N1C. The highest BCUT2D eigenvalue weighted by molar-refractivity contribution is 5.94. The van der Waals surface area contributed by atoms with Gasteiger partial charge in [-0.05, 0) is 35.5 Å². The Kier molecular flexibility index (Phi) is 16.6. The van der Waals surface area contributed by atoms with Crippen molar-refractivity contribution in [3.05, 3.63) is 0 Å². The van der Waals surface area contributed by atoms with Crippen molar-refractivity contribution in [2.75, 3.05) is 21.1 Å². The third-order valence-electron chi connectivity index (χ3n) is 9.84. The van der Waals surface area contributed by atoms with Crippen molar-refractivity contribution in [2.45, 2.75) is 139 Å². The molecule has 1 rings (SSSR count). The number of esters is 3. The fourth-order valence-corrected chi connectivity index (χ4v) is 6.00. The minimum absolute atomic E-state index is 0.381. The normalized spacial score (nSPS) is 28.2. The van der Waals surface area contributed by atoms with Gasteiger partial charge in [0.25, 0.3) is 17.7 Å². The predicted octanol–water partition coefficient (Wildman–Crippen LogP) is 4.32. The van der Waals surface area contributed by atoms with Crippen LogP contribution in [0.15, 0.2) is 0 Å². The minimum atomic E-state index is -1.28. The van der Waals surface area contributed by atoms with Crippen LogP contribution in [0.5, 0.6) is 0 Å². The van der Waals surface area contributed by atoms with Crippen molar-refractivity contribution < 1.29 is 43.0 Å². The number of hydrogen-bond acceptors (Lipinski definition) is 9. The number of hydrogen-bond donors (Lipinski definition) is 0. The number of ether oxygens (including phenoxy) is 3. The molecule has 1 aliphatic heterocycles. The molecule has 1 aliphatic rings. The Morgan fingerprint density at radius 2 is 0.625 bits per heavy atom. The summed E-state index contributed by atoms with van der Waals surface area (Å²) in [4.78, 5) is 87.8. The Balaban J connectivity index is 4.04. The quantitative estimate of drug-likeness (QED) is 0.257. The maximum Gasteiger partial charge on any atom is 0.329 e. The van der Waals surface area contributed by atoms with E-state index in [1.165, 1.54) is 35.8 Å². The van der Waals surface area contributed by atoms with Gasteiger partial charge < -0.3 is 28.9 Å². The van der Waals surface area contributed by atoms with Crippen molar-refractivity contribution in [2.24, 2.45) is 35.5 Å². The van der Waals surface area contributed by atoms with Crippen molar-refractivity contribution in [1.29, 1.82) is 0 Å². The van der Waals surface area contributed by atoms with Gasteiger partial charge in [-0.1, -0.05) is 102 Å². The van der Waals surface area contributed by atoms with Crippen LogP contribution in [0.1, 0.15) is 102 Å². The molecule has 0 radical (unpaired) electrons. The third-order valence-corrected chi connectivity index (χ3v) is 9.84. The monoisotopic (exact) mass is 681 g/mol. The summed E-state index contributed by atoms with van der Waals surface area (Å²) in [5.74, 6) is -6.73. The number of cyclic esters (lactones) is 3. The van der Waals surface area contributed by atoms with Crippen LogP contribution in [-0.4, -0.2) is 108 Å². The van der Waals surface area contributed by atoms with Gasteiger partial charge in [0, 0.05) is 21.1 Å². The van der Waals surface area contributed by atoms with Gasteiger partial charge in [-0.25, -0.2) is 14.4 Å². The molecule has 0 aromatic heterocycles. The van der Waals surface area contributed by atoms with Crippen LogP contribution in [0, 0.1) is 35.5 Å². The lowest BCUT2D eigenvalue weighted by Crippen LogP contribution is -2.58. The second-order valence-electron chi connectivity index (χ2n) is 14.6. The summed E-state index contributed by atoms with van der Waals surface area (Å²) < 4.78 is 17.8. The standard InChI is InChI=1S/C36H63N3O9/c1-16-22(10)25-34(43)46-29(20(6)7)32(41)38(14)27(24(12)18-3)36(45)48-30(21(8)9)33(42)39(15)26(23(11)17-2)35(44)47-28(19(4)5)31(40)37(25)13/h19-30H,16-18H2,1-15H3/t22-,23-,24+,25-,26-,27-,28+,29?,30+/m0/s1. The largest absolute Gasteiger partial charge is 0.450 e. The number of rotatable bonds is 9. The molecular formula is C36H63N3O9.